The molecule has 1 aliphatic rings. The van der Waals surface area contributed by atoms with Gasteiger partial charge in [0.25, 0.3) is 5.69 Å². The topological polar surface area (TPSA) is 136 Å². The molecule has 0 radical (unpaired) electrons. The van der Waals surface area contributed by atoms with E-state index >= 15 is 0 Å². The average molecular weight is 645 g/mol. The second-order valence-corrected chi connectivity index (χ2v) is 24.1. The Hall–Kier alpha value is -2.92. The van der Waals surface area contributed by atoms with Crippen LogP contribution in [0.5, 0.6) is 5.75 Å². The number of hydrogen-bond acceptors (Lipinski definition) is 10. The summed E-state index contributed by atoms with van der Waals surface area (Å²) in [6.07, 6.45) is 3.07. The van der Waals surface area contributed by atoms with Gasteiger partial charge in [-0.1, -0.05) is 41.5 Å². The third-order valence-electron chi connectivity index (χ3n) is 9.45. The van der Waals surface area contributed by atoms with Crippen molar-refractivity contribution in [2.75, 3.05) is 19.0 Å². The maximum atomic E-state index is 11.7. The summed E-state index contributed by atoms with van der Waals surface area (Å²) in [6, 6.07) is 4.77. The molecule has 3 heterocycles. The zero-order valence-electron chi connectivity index (χ0n) is 27.9. The minimum Gasteiger partial charge on any atom is -0.497 e. The summed E-state index contributed by atoms with van der Waals surface area (Å²) in [5.74, 6) is 0.896. The Labute approximate surface area is 262 Å². The third-order valence-corrected chi connectivity index (χ3v) is 18.5. The van der Waals surface area contributed by atoms with Gasteiger partial charge in [0.1, 0.15) is 24.4 Å². The molecule has 3 atom stereocenters. The van der Waals surface area contributed by atoms with Crippen LogP contribution in [0.2, 0.25) is 36.3 Å². The predicted molar refractivity (Wildman–Crippen MR) is 176 cm³/mol. The molecule has 4 rings (SSSR count). The molecule has 3 aromatic rings. The number of nitro groups is 1. The minimum absolute atomic E-state index is 0.0363. The highest BCUT2D eigenvalue weighted by atomic mass is 28.4. The predicted octanol–water partition coefficient (Wildman–Crippen LogP) is 7.05. The number of imidazole rings is 1. The van der Waals surface area contributed by atoms with E-state index in [1.165, 1.54) is 19.5 Å². The second kappa shape index (κ2) is 12.5. The number of fused-ring (bicyclic) bond motifs is 1. The molecule has 1 aliphatic heterocycles. The van der Waals surface area contributed by atoms with E-state index in [0.29, 0.717) is 41.3 Å². The van der Waals surface area contributed by atoms with Gasteiger partial charge in [0.2, 0.25) is 0 Å². The third kappa shape index (κ3) is 7.14. The first kappa shape index (κ1) is 34.0. The fourth-order valence-corrected chi connectivity index (χ4v) is 6.94. The van der Waals surface area contributed by atoms with Crippen LogP contribution in [0, 0.1) is 10.1 Å². The van der Waals surface area contributed by atoms with Crippen molar-refractivity contribution in [1.29, 1.82) is 0 Å². The highest BCUT2D eigenvalue weighted by Crippen LogP contribution is 2.43. The SMILES string of the molecule is COc1ccc(CNc2ncnc3c2ncn3[C@H]2CC(O[Si](C)(C)C(C)(C)C)[C@@H](CO[Si](C)(C)C(C)(C)C)O2)c([N+](=O)[O-])c1. The molecule has 1 unspecified atom stereocenters. The van der Waals surface area contributed by atoms with Gasteiger partial charge in [-0.05, 0) is 48.4 Å². The van der Waals surface area contributed by atoms with Crippen LogP contribution in [0.25, 0.3) is 11.2 Å². The molecule has 14 heteroatoms. The van der Waals surface area contributed by atoms with Crippen molar-refractivity contribution in [1.82, 2.24) is 19.5 Å². The number of ether oxygens (including phenoxy) is 2. The Morgan fingerprint density at radius 2 is 1.75 bits per heavy atom. The number of aromatic nitrogens is 4. The fraction of sp³-hybridized carbons (Fsp3) is 0.633. The van der Waals surface area contributed by atoms with Crippen LogP contribution in [-0.4, -0.2) is 67.0 Å². The molecule has 12 nitrogen and oxygen atoms in total. The molecule has 242 valence electrons. The zero-order valence-corrected chi connectivity index (χ0v) is 29.9. The zero-order chi connectivity index (χ0) is 32.7. The molecular weight excluding hydrogens is 597 g/mol. The summed E-state index contributed by atoms with van der Waals surface area (Å²) in [7, 11) is -2.64. The molecule has 0 saturated carbocycles. The van der Waals surface area contributed by atoms with Gasteiger partial charge < -0.3 is 23.6 Å². The number of hydrogen-bond donors (Lipinski definition) is 1. The van der Waals surface area contributed by atoms with E-state index in [-0.39, 0.29) is 40.7 Å². The second-order valence-electron chi connectivity index (χ2n) is 14.5. The van der Waals surface area contributed by atoms with Crippen LogP contribution < -0.4 is 10.1 Å². The molecule has 1 fully saturated rings. The average Bonchev–Trinajstić information content (AvgIpc) is 3.53. The lowest BCUT2D eigenvalue weighted by molar-refractivity contribution is -0.385. The van der Waals surface area contributed by atoms with E-state index in [1.807, 2.05) is 4.57 Å². The van der Waals surface area contributed by atoms with Gasteiger partial charge in [-0.2, -0.15) is 0 Å². The lowest BCUT2D eigenvalue weighted by atomic mass is 10.1. The van der Waals surface area contributed by atoms with Crippen LogP contribution in [0.15, 0.2) is 30.9 Å². The molecule has 0 bridgehead atoms. The van der Waals surface area contributed by atoms with Crippen molar-refractivity contribution in [3.8, 4) is 5.75 Å². The van der Waals surface area contributed by atoms with Crippen molar-refractivity contribution >= 4 is 39.3 Å². The number of nitro benzene ring substituents is 1. The lowest BCUT2D eigenvalue weighted by Crippen LogP contribution is -2.48. The number of nitrogens with one attached hydrogen (secondary N) is 1. The van der Waals surface area contributed by atoms with Crippen molar-refractivity contribution < 1.29 is 23.2 Å². The van der Waals surface area contributed by atoms with Gasteiger partial charge in [0.05, 0.1) is 37.1 Å². The Balaban J connectivity index is 1.59. The molecule has 0 amide bonds. The van der Waals surface area contributed by atoms with Crippen molar-refractivity contribution in [2.45, 2.75) is 109 Å². The Bertz CT molecular complexity index is 1480. The van der Waals surface area contributed by atoms with E-state index < -0.39 is 21.6 Å². The van der Waals surface area contributed by atoms with Gasteiger partial charge in [-0.15, -0.1) is 0 Å². The smallest absolute Gasteiger partial charge is 0.278 e. The maximum Gasteiger partial charge on any atom is 0.278 e. The fourth-order valence-electron chi connectivity index (χ4n) is 4.57. The number of nitrogens with zero attached hydrogens (tertiary/aromatic N) is 5. The summed E-state index contributed by atoms with van der Waals surface area (Å²) in [5.41, 5.74) is 1.62. The lowest BCUT2D eigenvalue weighted by Gasteiger charge is -2.40. The molecule has 0 spiro atoms. The first-order chi connectivity index (χ1) is 20.3. The largest absolute Gasteiger partial charge is 0.497 e. The number of anilines is 1. The monoisotopic (exact) mass is 644 g/mol. The molecule has 44 heavy (non-hydrogen) atoms. The molecule has 2 aromatic heterocycles. The number of rotatable bonds is 11. The molecular formula is C30H48N6O6Si2. The Morgan fingerprint density at radius 3 is 2.36 bits per heavy atom. The first-order valence-electron chi connectivity index (χ1n) is 15.0. The Kier molecular flexibility index (Phi) is 9.62. The number of benzene rings is 1. The first-order valence-corrected chi connectivity index (χ1v) is 20.9. The van der Waals surface area contributed by atoms with E-state index in [0.717, 1.165) is 0 Å². The van der Waals surface area contributed by atoms with Crippen molar-refractivity contribution in [3.63, 3.8) is 0 Å². The number of methoxy groups -OCH3 is 1. The summed E-state index contributed by atoms with van der Waals surface area (Å²) in [4.78, 5) is 24.8. The Morgan fingerprint density at radius 1 is 1.07 bits per heavy atom. The summed E-state index contributed by atoms with van der Waals surface area (Å²) >= 11 is 0. The summed E-state index contributed by atoms with van der Waals surface area (Å²) < 4.78 is 27.3. The van der Waals surface area contributed by atoms with Crippen LogP contribution in [0.4, 0.5) is 11.5 Å². The molecule has 0 aliphatic carbocycles. The van der Waals surface area contributed by atoms with Gasteiger partial charge >= 0.3 is 0 Å². The van der Waals surface area contributed by atoms with Gasteiger partial charge in [0.15, 0.2) is 33.6 Å². The highest BCUT2D eigenvalue weighted by Gasteiger charge is 2.47. The molecule has 1 aromatic carbocycles. The van der Waals surface area contributed by atoms with Gasteiger partial charge in [-0.25, -0.2) is 15.0 Å². The van der Waals surface area contributed by atoms with E-state index in [1.54, 1.807) is 18.5 Å². The summed E-state index contributed by atoms with van der Waals surface area (Å²) in [5, 5.41) is 15.0. The van der Waals surface area contributed by atoms with Crippen molar-refractivity contribution in [3.05, 3.63) is 46.5 Å². The quantitative estimate of drug-likeness (QED) is 0.131. The van der Waals surface area contributed by atoms with Crippen LogP contribution in [0.3, 0.4) is 0 Å². The highest BCUT2D eigenvalue weighted by molar-refractivity contribution is 6.74. The van der Waals surface area contributed by atoms with Crippen LogP contribution >= 0.6 is 0 Å². The molecule has 1 N–H and O–H groups in total. The van der Waals surface area contributed by atoms with Crippen LogP contribution in [0.1, 0.15) is 59.8 Å². The summed E-state index contributed by atoms with van der Waals surface area (Å²) in [6.45, 7) is 23.1. The van der Waals surface area contributed by atoms with Gasteiger partial charge in [-0.3, -0.25) is 14.7 Å². The van der Waals surface area contributed by atoms with Crippen molar-refractivity contribution in [2.24, 2.45) is 0 Å². The standard InChI is InChI=1S/C30H48N6O6Si2/c1-29(2,3)43(8,9)40-17-24-23(42-44(10,11)30(4,5)6)15-25(41-24)35-19-34-26-27(32-18-33-28(26)35)31-16-20-12-13-21(39-7)14-22(20)36(37)38/h12-14,18-19,23-25H,15-17H2,1-11H3,(H,31,32,33)/t23?,24-,25-/m1/s1. The van der Waals surface area contributed by atoms with Gasteiger partial charge in [0, 0.05) is 18.5 Å². The maximum absolute atomic E-state index is 11.7. The van der Waals surface area contributed by atoms with Crippen LogP contribution in [-0.2, 0) is 20.1 Å². The molecule has 1 saturated heterocycles. The van der Waals surface area contributed by atoms with E-state index in [9.17, 15) is 10.1 Å². The normalized spacial score (nSPS) is 19.8. The minimum atomic E-state index is -2.10. The van der Waals surface area contributed by atoms with E-state index in [2.05, 4.69) is 88.0 Å². The van der Waals surface area contributed by atoms with E-state index in [4.69, 9.17) is 18.3 Å².